The molecule has 0 unspecified atom stereocenters. The molecule has 0 spiro atoms. The average molecular weight is 293 g/mol. The summed E-state index contributed by atoms with van der Waals surface area (Å²) in [6.07, 6.45) is 4.47. The Labute approximate surface area is 120 Å². The van der Waals surface area contributed by atoms with Gasteiger partial charge in [-0.15, -0.1) is 10.2 Å². The van der Waals surface area contributed by atoms with Gasteiger partial charge in [-0.3, -0.25) is 9.78 Å². The molecule has 0 radical (unpaired) electrons. The lowest BCUT2D eigenvalue weighted by Gasteiger charge is -1.99. The van der Waals surface area contributed by atoms with Gasteiger partial charge in [-0.25, -0.2) is 0 Å². The smallest absolute Gasteiger partial charge is 0.305 e. The van der Waals surface area contributed by atoms with Crippen molar-refractivity contribution in [3.8, 4) is 11.5 Å². The first-order valence-corrected chi connectivity index (χ1v) is 7.30. The van der Waals surface area contributed by atoms with E-state index in [1.807, 2.05) is 12.1 Å². The third-order valence-corrected chi connectivity index (χ3v) is 3.29. The van der Waals surface area contributed by atoms with Crippen LogP contribution in [-0.4, -0.2) is 33.5 Å². The minimum absolute atomic E-state index is 0.170. The topological polar surface area (TPSA) is 78.1 Å². The monoisotopic (exact) mass is 293 g/mol. The highest BCUT2D eigenvalue weighted by Gasteiger charge is 2.09. The van der Waals surface area contributed by atoms with Gasteiger partial charge >= 0.3 is 5.97 Å². The highest BCUT2D eigenvalue weighted by molar-refractivity contribution is 7.99. The van der Waals surface area contributed by atoms with Crippen LogP contribution in [0, 0.1) is 0 Å². The van der Waals surface area contributed by atoms with E-state index in [2.05, 4.69) is 15.2 Å². The number of hydrogen-bond donors (Lipinski definition) is 0. The average Bonchev–Trinajstić information content (AvgIpc) is 2.94. The molecule has 0 bridgehead atoms. The quantitative estimate of drug-likeness (QED) is 0.441. The summed E-state index contributed by atoms with van der Waals surface area (Å²) < 4.78 is 10.4. The van der Waals surface area contributed by atoms with Gasteiger partial charge in [-0.1, -0.05) is 11.8 Å². The molecule has 0 aliphatic heterocycles. The van der Waals surface area contributed by atoms with E-state index in [-0.39, 0.29) is 5.97 Å². The van der Waals surface area contributed by atoms with Crippen molar-refractivity contribution < 1.29 is 13.9 Å². The maximum Gasteiger partial charge on any atom is 0.305 e. The van der Waals surface area contributed by atoms with Crippen molar-refractivity contribution in [3.05, 3.63) is 24.5 Å². The maximum atomic E-state index is 11.2. The fourth-order valence-electron chi connectivity index (χ4n) is 1.49. The predicted molar refractivity (Wildman–Crippen MR) is 74.1 cm³/mol. The zero-order chi connectivity index (χ0) is 14.2. The number of carbonyl (C=O) groups is 1. The Balaban J connectivity index is 1.78. The van der Waals surface area contributed by atoms with E-state index in [9.17, 15) is 4.79 Å². The molecule has 2 rings (SSSR count). The molecule has 2 aromatic heterocycles. The Kier molecular flexibility index (Phi) is 5.55. The molecule has 0 N–H and O–H groups in total. The lowest BCUT2D eigenvalue weighted by atomic mass is 10.3. The second kappa shape index (κ2) is 7.64. The number of esters is 1. The van der Waals surface area contributed by atoms with Crippen molar-refractivity contribution in [1.29, 1.82) is 0 Å². The van der Waals surface area contributed by atoms with Crippen molar-refractivity contribution in [2.24, 2.45) is 0 Å². The summed E-state index contributed by atoms with van der Waals surface area (Å²) in [6.45, 7) is 2.22. The molecule has 0 amide bonds. The highest BCUT2D eigenvalue weighted by Crippen LogP contribution is 2.23. The van der Waals surface area contributed by atoms with Gasteiger partial charge in [-0.05, 0) is 25.5 Å². The highest BCUT2D eigenvalue weighted by atomic mass is 32.2. The minimum Gasteiger partial charge on any atom is -0.466 e. The normalized spacial score (nSPS) is 10.4. The molecular weight excluding hydrogens is 278 g/mol. The van der Waals surface area contributed by atoms with E-state index in [0.717, 1.165) is 17.7 Å². The Morgan fingerprint density at radius 2 is 2.15 bits per heavy atom. The summed E-state index contributed by atoms with van der Waals surface area (Å²) in [5.41, 5.74) is 0.839. The summed E-state index contributed by atoms with van der Waals surface area (Å²) in [5, 5.41) is 8.43. The molecule has 2 aromatic rings. The second-order valence-electron chi connectivity index (χ2n) is 3.87. The first kappa shape index (κ1) is 14.5. The van der Waals surface area contributed by atoms with Crippen molar-refractivity contribution in [1.82, 2.24) is 15.2 Å². The van der Waals surface area contributed by atoms with E-state index in [1.54, 1.807) is 19.3 Å². The molecule has 0 fully saturated rings. The van der Waals surface area contributed by atoms with E-state index >= 15 is 0 Å². The predicted octanol–water partition coefficient (Wildman–Crippen LogP) is 2.57. The molecule has 0 aliphatic carbocycles. The van der Waals surface area contributed by atoms with E-state index in [4.69, 9.17) is 9.15 Å². The molecule has 7 heteroatoms. The third-order valence-electron chi connectivity index (χ3n) is 2.39. The summed E-state index contributed by atoms with van der Waals surface area (Å²) in [5.74, 6) is 1.04. The fourth-order valence-corrected chi connectivity index (χ4v) is 2.19. The Bertz CT molecular complexity index is 545. The van der Waals surface area contributed by atoms with Crippen LogP contribution in [0.1, 0.15) is 19.8 Å². The first-order chi connectivity index (χ1) is 9.79. The maximum absolute atomic E-state index is 11.2. The van der Waals surface area contributed by atoms with Crippen LogP contribution in [0.4, 0.5) is 0 Å². The summed E-state index contributed by atoms with van der Waals surface area (Å²) in [7, 11) is 0. The van der Waals surface area contributed by atoms with Crippen LogP contribution in [0.2, 0.25) is 0 Å². The van der Waals surface area contributed by atoms with E-state index < -0.39 is 0 Å². The van der Waals surface area contributed by atoms with Gasteiger partial charge in [0.25, 0.3) is 5.22 Å². The largest absolute Gasteiger partial charge is 0.466 e. The van der Waals surface area contributed by atoms with Gasteiger partial charge in [0.15, 0.2) is 0 Å². The van der Waals surface area contributed by atoms with Gasteiger partial charge in [-0.2, -0.15) is 0 Å². The Morgan fingerprint density at radius 3 is 2.90 bits per heavy atom. The number of carbonyl (C=O) groups excluding carboxylic acids is 1. The standard InChI is InChI=1S/C13H15N3O3S/c1-2-18-11(17)4-3-9-20-13-16-15-12(19-13)10-5-7-14-8-6-10/h5-8H,2-4,9H2,1H3. The van der Waals surface area contributed by atoms with Crippen LogP contribution in [0.25, 0.3) is 11.5 Å². The summed E-state index contributed by atoms with van der Waals surface area (Å²) >= 11 is 1.43. The Hall–Kier alpha value is -1.89. The second-order valence-corrected chi connectivity index (χ2v) is 4.91. The van der Waals surface area contributed by atoms with Crippen molar-refractivity contribution in [2.45, 2.75) is 25.0 Å². The number of pyridine rings is 1. The van der Waals surface area contributed by atoms with Gasteiger partial charge in [0.1, 0.15) is 0 Å². The van der Waals surface area contributed by atoms with Crippen LogP contribution in [0.5, 0.6) is 0 Å². The van der Waals surface area contributed by atoms with Crippen molar-refractivity contribution in [3.63, 3.8) is 0 Å². The lowest BCUT2D eigenvalue weighted by Crippen LogP contribution is -2.03. The van der Waals surface area contributed by atoms with Gasteiger partial charge in [0.2, 0.25) is 5.89 Å². The van der Waals surface area contributed by atoms with Crippen LogP contribution in [0.3, 0.4) is 0 Å². The van der Waals surface area contributed by atoms with Crippen molar-refractivity contribution >= 4 is 17.7 Å². The molecule has 0 aliphatic rings. The third kappa shape index (κ3) is 4.34. The molecular formula is C13H15N3O3S. The van der Waals surface area contributed by atoms with Gasteiger partial charge in [0.05, 0.1) is 6.61 Å². The fraction of sp³-hybridized carbons (Fsp3) is 0.385. The van der Waals surface area contributed by atoms with Crippen LogP contribution >= 0.6 is 11.8 Å². The van der Waals surface area contributed by atoms with Crippen LogP contribution < -0.4 is 0 Å². The number of aromatic nitrogens is 3. The van der Waals surface area contributed by atoms with Gasteiger partial charge in [0, 0.05) is 30.1 Å². The minimum atomic E-state index is -0.170. The number of hydrogen-bond acceptors (Lipinski definition) is 7. The number of thioether (sulfide) groups is 1. The molecule has 106 valence electrons. The van der Waals surface area contributed by atoms with Crippen LogP contribution in [0.15, 0.2) is 34.2 Å². The van der Waals surface area contributed by atoms with Gasteiger partial charge < -0.3 is 9.15 Å². The van der Waals surface area contributed by atoms with E-state index in [0.29, 0.717) is 24.1 Å². The van der Waals surface area contributed by atoms with E-state index in [1.165, 1.54) is 11.8 Å². The van der Waals surface area contributed by atoms with Crippen LogP contribution in [-0.2, 0) is 9.53 Å². The summed E-state index contributed by atoms with van der Waals surface area (Å²) in [6, 6.07) is 3.62. The molecule has 2 heterocycles. The lowest BCUT2D eigenvalue weighted by molar-refractivity contribution is -0.143. The molecule has 0 saturated heterocycles. The number of nitrogens with zero attached hydrogens (tertiary/aromatic N) is 3. The number of ether oxygens (including phenoxy) is 1. The zero-order valence-corrected chi connectivity index (χ0v) is 11.9. The molecule has 20 heavy (non-hydrogen) atoms. The molecule has 0 saturated carbocycles. The molecule has 0 atom stereocenters. The van der Waals surface area contributed by atoms with Crippen molar-refractivity contribution in [2.75, 3.05) is 12.4 Å². The first-order valence-electron chi connectivity index (χ1n) is 6.32. The molecule has 0 aromatic carbocycles. The number of rotatable bonds is 7. The Morgan fingerprint density at radius 1 is 1.35 bits per heavy atom. The molecule has 6 nitrogen and oxygen atoms in total. The zero-order valence-electron chi connectivity index (χ0n) is 11.1. The summed E-state index contributed by atoms with van der Waals surface area (Å²) in [4.78, 5) is 15.1. The SMILES string of the molecule is CCOC(=O)CCCSc1nnc(-c2ccncc2)o1.